The number of unbranched alkanes of at least 4 members (excludes halogenated alkanes) is 1. The van der Waals surface area contributed by atoms with Crippen LogP contribution in [0.25, 0.3) is 0 Å². The van der Waals surface area contributed by atoms with Crippen molar-refractivity contribution in [3.8, 4) is 0 Å². The summed E-state index contributed by atoms with van der Waals surface area (Å²) in [7, 11) is 0. The van der Waals surface area contributed by atoms with Gasteiger partial charge in [0.15, 0.2) is 0 Å². The molecular formula is C14H23N3O. The van der Waals surface area contributed by atoms with Crippen LogP contribution in [0.4, 0.5) is 0 Å². The van der Waals surface area contributed by atoms with E-state index in [2.05, 4.69) is 11.8 Å². The third kappa shape index (κ3) is 4.85. The van der Waals surface area contributed by atoms with Gasteiger partial charge >= 0.3 is 0 Å². The second-order valence-corrected chi connectivity index (χ2v) is 4.47. The van der Waals surface area contributed by atoms with E-state index < -0.39 is 0 Å². The summed E-state index contributed by atoms with van der Waals surface area (Å²) >= 11 is 0. The van der Waals surface area contributed by atoms with Crippen molar-refractivity contribution < 1.29 is 5.11 Å². The maximum absolute atomic E-state index is 9.06. The summed E-state index contributed by atoms with van der Waals surface area (Å²) in [6, 6.07) is 7.73. The molecule has 0 aliphatic carbocycles. The molecule has 1 rings (SSSR count). The van der Waals surface area contributed by atoms with Crippen LogP contribution in [0, 0.1) is 5.41 Å². The van der Waals surface area contributed by atoms with Crippen LogP contribution >= 0.6 is 0 Å². The van der Waals surface area contributed by atoms with E-state index >= 15 is 0 Å². The van der Waals surface area contributed by atoms with Crippen molar-refractivity contribution in [2.75, 3.05) is 19.7 Å². The Labute approximate surface area is 109 Å². The van der Waals surface area contributed by atoms with E-state index in [-0.39, 0.29) is 12.4 Å². The number of nitrogen functional groups attached to an aromatic ring is 1. The first kappa shape index (κ1) is 14.7. The lowest BCUT2D eigenvalue weighted by atomic mass is 10.1. The number of rotatable bonds is 8. The molecule has 0 aliphatic rings. The molecule has 0 amide bonds. The van der Waals surface area contributed by atoms with Crippen LogP contribution in [0.15, 0.2) is 24.3 Å². The van der Waals surface area contributed by atoms with E-state index in [1.54, 1.807) is 0 Å². The first-order valence-corrected chi connectivity index (χ1v) is 6.44. The number of nitrogens with one attached hydrogen (secondary N) is 1. The third-order valence-electron chi connectivity index (χ3n) is 2.89. The number of aliphatic hydroxyl groups is 1. The van der Waals surface area contributed by atoms with Crippen molar-refractivity contribution in [3.05, 3.63) is 35.4 Å². The van der Waals surface area contributed by atoms with Crippen LogP contribution in [0.1, 0.15) is 30.9 Å². The van der Waals surface area contributed by atoms with Gasteiger partial charge in [0.25, 0.3) is 0 Å². The fourth-order valence-corrected chi connectivity index (χ4v) is 1.89. The lowest BCUT2D eigenvalue weighted by molar-refractivity contribution is 0.188. The van der Waals surface area contributed by atoms with Gasteiger partial charge in [-0.15, -0.1) is 0 Å². The minimum atomic E-state index is 0.0964. The van der Waals surface area contributed by atoms with Gasteiger partial charge in [0.05, 0.1) is 6.61 Å². The highest BCUT2D eigenvalue weighted by atomic mass is 16.3. The molecule has 1 aromatic carbocycles. The fraction of sp³-hybridized carbons (Fsp3) is 0.500. The van der Waals surface area contributed by atoms with Gasteiger partial charge in [-0.1, -0.05) is 31.5 Å². The lowest BCUT2D eigenvalue weighted by Gasteiger charge is -2.21. The third-order valence-corrected chi connectivity index (χ3v) is 2.89. The predicted molar refractivity (Wildman–Crippen MR) is 74.7 cm³/mol. The van der Waals surface area contributed by atoms with Crippen LogP contribution in [-0.4, -0.2) is 35.5 Å². The largest absolute Gasteiger partial charge is 0.395 e. The SMILES string of the molecule is CCCCN(CCO)Cc1cccc(C(=N)N)c1. The maximum Gasteiger partial charge on any atom is 0.122 e. The molecule has 18 heavy (non-hydrogen) atoms. The fourth-order valence-electron chi connectivity index (χ4n) is 1.89. The van der Waals surface area contributed by atoms with Gasteiger partial charge in [0.2, 0.25) is 0 Å². The van der Waals surface area contributed by atoms with Gasteiger partial charge in [0.1, 0.15) is 5.84 Å². The summed E-state index contributed by atoms with van der Waals surface area (Å²) in [4.78, 5) is 2.22. The van der Waals surface area contributed by atoms with E-state index in [9.17, 15) is 0 Å². The summed E-state index contributed by atoms with van der Waals surface area (Å²) in [6.07, 6.45) is 2.28. The number of benzene rings is 1. The number of aliphatic hydroxyl groups excluding tert-OH is 1. The summed E-state index contributed by atoms with van der Waals surface area (Å²) in [5.74, 6) is 0.0964. The number of hydrogen-bond acceptors (Lipinski definition) is 3. The molecule has 0 radical (unpaired) electrons. The molecule has 0 atom stereocenters. The molecule has 0 aromatic heterocycles. The summed E-state index contributed by atoms with van der Waals surface area (Å²) < 4.78 is 0. The van der Waals surface area contributed by atoms with Gasteiger partial charge in [-0.05, 0) is 24.6 Å². The van der Waals surface area contributed by atoms with Crippen LogP contribution in [0.2, 0.25) is 0 Å². The molecule has 0 saturated heterocycles. The summed E-state index contributed by atoms with van der Waals surface area (Å²) in [5.41, 5.74) is 7.37. The highest BCUT2D eigenvalue weighted by molar-refractivity contribution is 5.95. The van der Waals surface area contributed by atoms with Crippen molar-refractivity contribution in [2.24, 2.45) is 5.73 Å². The van der Waals surface area contributed by atoms with Crippen molar-refractivity contribution in [1.82, 2.24) is 4.90 Å². The Bertz CT molecular complexity index is 379. The number of amidine groups is 1. The zero-order chi connectivity index (χ0) is 13.4. The average molecular weight is 249 g/mol. The molecule has 4 nitrogen and oxygen atoms in total. The highest BCUT2D eigenvalue weighted by Gasteiger charge is 2.06. The standard InChI is InChI=1S/C14H23N3O/c1-2-3-7-17(8-9-18)11-12-5-4-6-13(10-12)14(15)16/h4-6,10,18H,2-3,7-9,11H2,1H3,(H3,15,16). The molecule has 1 aromatic rings. The van der Waals surface area contributed by atoms with Crippen LogP contribution in [-0.2, 0) is 6.54 Å². The van der Waals surface area contributed by atoms with Gasteiger partial charge < -0.3 is 10.8 Å². The summed E-state index contributed by atoms with van der Waals surface area (Å²) in [5, 5.41) is 16.5. The molecule has 0 spiro atoms. The smallest absolute Gasteiger partial charge is 0.122 e. The Morgan fingerprint density at radius 3 is 2.78 bits per heavy atom. The topological polar surface area (TPSA) is 73.3 Å². The molecule has 0 bridgehead atoms. The molecular weight excluding hydrogens is 226 g/mol. The molecule has 0 fully saturated rings. The Morgan fingerprint density at radius 2 is 2.17 bits per heavy atom. The minimum absolute atomic E-state index is 0.0964. The minimum Gasteiger partial charge on any atom is -0.395 e. The highest BCUT2D eigenvalue weighted by Crippen LogP contribution is 2.09. The molecule has 0 saturated carbocycles. The van der Waals surface area contributed by atoms with E-state index in [0.29, 0.717) is 6.54 Å². The second-order valence-electron chi connectivity index (χ2n) is 4.47. The lowest BCUT2D eigenvalue weighted by Crippen LogP contribution is -2.27. The van der Waals surface area contributed by atoms with Gasteiger partial charge in [-0.3, -0.25) is 10.3 Å². The quantitative estimate of drug-likeness (QED) is 0.483. The normalized spacial score (nSPS) is 10.8. The number of hydrogen-bond donors (Lipinski definition) is 3. The van der Waals surface area contributed by atoms with E-state index in [4.69, 9.17) is 16.2 Å². The van der Waals surface area contributed by atoms with Crippen LogP contribution < -0.4 is 5.73 Å². The molecule has 0 unspecified atom stereocenters. The Kier molecular flexibility index (Phi) is 6.39. The van der Waals surface area contributed by atoms with E-state index in [0.717, 1.165) is 37.1 Å². The Hall–Kier alpha value is -1.39. The van der Waals surface area contributed by atoms with Crippen molar-refractivity contribution in [3.63, 3.8) is 0 Å². The van der Waals surface area contributed by atoms with E-state index in [1.165, 1.54) is 0 Å². The monoisotopic (exact) mass is 249 g/mol. The maximum atomic E-state index is 9.06. The Balaban J connectivity index is 2.67. The summed E-state index contributed by atoms with van der Waals surface area (Å²) in [6.45, 7) is 4.80. The zero-order valence-corrected chi connectivity index (χ0v) is 11.0. The average Bonchev–Trinajstić information content (AvgIpc) is 2.36. The first-order chi connectivity index (χ1) is 8.67. The Morgan fingerprint density at radius 1 is 1.39 bits per heavy atom. The van der Waals surface area contributed by atoms with Crippen LogP contribution in [0.5, 0.6) is 0 Å². The first-order valence-electron chi connectivity index (χ1n) is 6.44. The second kappa shape index (κ2) is 7.84. The predicted octanol–water partition coefficient (Wildman–Crippen LogP) is 1.57. The molecule has 0 aliphatic heterocycles. The number of nitrogens with zero attached hydrogens (tertiary/aromatic N) is 1. The molecule has 100 valence electrons. The van der Waals surface area contributed by atoms with Crippen LogP contribution in [0.3, 0.4) is 0 Å². The van der Waals surface area contributed by atoms with Gasteiger partial charge in [0, 0.05) is 18.7 Å². The zero-order valence-electron chi connectivity index (χ0n) is 11.0. The van der Waals surface area contributed by atoms with Crippen molar-refractivity contribution in [2.45, 2.75) is 26.3 Å². The molecule has 4 heteroatoms. The van der Waals surface area contributed by atoms with Gasteiger partial charge in [-0.2, -0.15) is 0 Å². The molecule has 0 heterocycles. The van der Waals surface area contributed by atoms with Crippen molar-refractivity contribution in [1.29, 1.82) is 5.41 Å². The number of nitrogens with two attached hydrogens (primary N) is 1. The molecule has 4 N–H and O–H groups in total. The van der Waals surface area contributed by atoms with Gasteiger partial charge in [-0.25, -0.2) is 0 Å². The van der Waals surface area contributed by atoms with Crippen molar-refractivity contribution >= 4 is 5.84 Å². The van der Waals surface area contributed by atoms with E-state index in [1.807, 2.05) is 24.3 Å².